The van der Waals surface area contributed by atoms with E-state index in [0.29, 0.717) is 34.4 Å². The van der Waals surface area contributed by atoms with Crippen LogP contribution in [0.1, 0.15) is 55.5 Å². The molecule has 0 bridgehead atoms. The number of halogens is 1. The fraction of sp³-hybridized carbons (Fsp3) is 0.222. The van der Waals surface area contributed by atoms with Gasteiger partial charge in [0.15, 0.2) is 16.6 Å². The minimum absolute atomic E-state index is 0.108. The van der Waals surface area contributed by atoms with Gasteiger partial charge in [-0.2, -0.15) is 5.10 Å². The minimum atomic E-state index is -0.462. The molecule has 2 N–H and O–H groups in total. The Morgan fingerprint density at radius 1 is 1.26 bits per heavy atom. The number of carbonyl (C=O) groups excluding carboxylic acids is 3. The van der Waals surface area contributed by atoms with Gasteiger partial charge in [0.1, 0.15) is 11.5 Å². The van der Waals surface area contributed by atoms with Crippen molar-refractivity contribution in [1.29, 1.82) is 0 Å². The van der Waals surface area contributed by atoms with Crippen molar-refractivity contribution in [2.24, 2.45) is 0 Å². The second-order valence-corrected chi connectivity index (χ2v) is 10.2. The minimum Gasteiger partial charge on any atom is -0.357 e. The van der Waals surface area contributed by atoms with Crippen molar-refractivity contribution in [3.8, 4) is 0 Å². The molecule has 11 heteroatoms. The van der Waals surface area contributed by atoms with Crippen LogP contribution in [-0.4, -0.2) is 48.8 Å². The predicted octanol–water partition coefficient (Wildman–Crippen LogP) is 4.16. The van der Waals surface area contributed by atoms with E-state index in [-0.39, 0.29) is 42.1 Å². The number of thiazole rings is 1. The molecule has 194 valence electrons. The number of hydrogen-bond acceptors (Lipinski definition) is 6. The molecule has 0 aliphatic carbocycles. The molecule has 0 radical (unpaired) electrons. The highest BCUT2D eigenvalue weighted by atomic mass is 32.1. The Hall–Kier alpha value is -4.38. The highest BCUT2D eigenvalue weighted by molar-refractivity contribution is 7.15. The molecule has 0 unspecified atom stereocenters. The van der Waals surface area contributed by atoms with Gasteiger partial charge in [0.2, 0.25) is 0 Å². The van der Waals surface area contributed by atoms with E-state index in [1.807, 2.05) is 6.92 Å². The molecule has 0 spiro atoms. The zero-order valence-corrected chi connectivity index (χ0v) is 21.4. The van der Waals surface area contributed by atoms with Gasteiger partial charge in [0.05, 0.1) is 13.1 Å². The number of ketones is 1. The highest BCUT2D eigenvalue weighted by Gasteiger charge is 2.34. The summed E-state index contributed by atoms with van der Waals surface area (Å²) in [6.45, 7) is 6.47. The first-order valence-electron chi connectivity index (χ1n) is 12.0. The predicted molar refractivity (Wildman–Crippen MR) is 141 cm³/mol. The first-order valence-corrected chi connectivity index (χ1v) is 12.8. The zero-order valence-electron chi connectivity index (χ0n) is 20.6. The van der Waals surface area contributed by atoms with Crippen LogP contribution in [0.3, 0.4) is 0 Å². The summed E-state index contributed by atoms with van der Waals surface area (Å²) in [5.41, 5.74) is 3.00. The van der Waals surface area contributed by atoms with Crippen LogP contribution in [0.25, 0.3) is 0 Å². The largest absolute Gasteiger partial charge is 0.357 e. The fourth-order valence-corrected chi connectivity index (χ4v) is 5.41. The SMILES string of the molecule is C=CC(=O)Cc1cnc(NC(=O)c2nn(Cc3ccc(F)cc3)c3c2CN(C(=O)c2ccc[nH]2)C[C@H]3C)s1. The summed E-state index contributed by atoms with van der Waals surface area (Å²) in [6, 6.07) is 9.60. The van der Waals surface area contributed by atoms with Crippen LogP contribution < -0.4 is 5.32 Å². The lowest BCUT2D eigenvalue weighted by molar-refractivity contribution is -0.113. The Balaban J connectivity index is 1.47. The number of carbonyl (C=O) groups is 3. The Labute approximate surface area is 222 Å². The molecule has 1 atom stereocenters. The lowest BCUT2D eigenvalue weighted by atomic mass is 9.95. The van der Waals surface area contributed by atoms with Gasteiger partial charge in [-0.3, -0.25) is 24.4 Å². The van der Waals surface area contributed by atoms with Crippen LogP contribution in [-0.2, 0) is 24.3 Å². The van der Waals surface area contributed by atoms with Crippen molar-refractivity contribution in [3.63, 3.8) is 0 Å². The first kappa shape index (κ1) is 25.3. The van der Waals surface area contributed by atoms with Crippen LogP contribution >= 0.6 is 11.3 Å². The van der Waals surface area contributed by atoms with Crippen LogP contribution in [0.4, 0.5) is 9.52 Å². The molecule has 9 nitrogen and oxygen atoms in total. The first-order chi connectivity index (χ1) is 18.3. The monoisotopic (exact) mass is 532 g/mol. The van der Waals surface area contributed by atoms with E-state index in [2.05, 4.69) is 27.0 Å². The summed E-state index contributed by atoms with van der Waals surface area (Å²) >= 11 is 1.20. The molecule has 4 aromatic rings. The molecule has 0 saturated heterocycles. The molecule has 38 heavy (non-hydrogen) atoms. The van der Waals surface area contributed by atoms with Crippen molar-refractivity contribution in [3.05, 3.63) is 100 Å². The number of fused-ring (bicyclic) bond motifs is 1. The van der Waals surface area contributed by atoms with Crippen molar-refractivity contribution in [2.45, 2.75) is 32.4 Å². The summed E-state index contributed by atoms with van der Waals surface area (Å²) in [7, 11) is 0. The number of nitrogens with one attached hydrogen (secondary N) is 2. The zero-order chi connectivity index (χ0) is 26.8. The van der Waals surface area contributed by atoms with E-state index >= 15 is 0 Å². The summed E-state index contributed by atoms with van der Waals surface area (Å²) in [6.07, 6.45) is 4.64. The van der Waals surface area contributed by atoms with Crippen LogP contribution in [0.5, 0.6) is 0 Å². The number of nitrogens with zero attached hydrogens (tertiary/aromatic N) is 4. The standard InChI is InChI=1S/C27H25FN6O3S/c1-3-19(35)11-20-12-30-27(38-20)31-25(36)23-21-15-33(26(37)22-5-4-10-29-22)13-16(2)24(21)34(32-23)14-17-6-8-18(28)9-7-17/h3-10,12,16,29H,1,11,13-15H2,2H3,(H,30,31,36)/t16-/m1/s1. The third-order valence-electron chi connectivity index (χ3n) is 6.33. The van der Waals surface area contributed by atoms with E-state index < -0.39 is 5.91 Å². The number of allylic oxidation sites excluding steroid dienone is 1. The van der Waals surface area contributed by atoms with Gasteiger partial charge in [-0.15, -0.1) is 11.3 Å². The quantitative estimate of drug-likeness (QED) is 0.331. The number of H-pyrrole nitrogens is 1. The number of hydrogen-bond donors (Lipinski definition) is 2. The van der Waals surface area contributed by atoms with Gasteiger partial charge < -0.3 is 9.88 Å². The highest BCUT2D eigenvalue weighted by Crippen LogP contribution is 2.32. The van der Waals surface area contributed by atoms with Crippen LogP contribution in [0.2, 0.25) is 0 Å². The Bertz CT molecular complexity index is 1510. The lowest BCUT2D eigenvalue weighted by Crippen LogP contribution is -2.38. The molecule has 5 rings (SSSR count). The Kier molecular flexibility index (Phi) is 7.01. The molecule has 0 fully saturated rings. The second kappa shape index (κ2) is 10.5. The van der Waals surface area contributed by atoms with E-state index in [9.17, 15) is 18.8 Å². The van der Waals surface area contributed by atoms with Crippen LogP contribution in [0, 0.1) is 5.82 Å². The summed E-state index contributed by atoms with van der Waals surface area (Å²) < 4.78 is 15.2. The maximum atomic E-state index is 13.5. The number of benzene rings is 1. The maximum Gasteiger partial charge on any atom is 0.278 e. The van der Waals surface area contributed by atoms with Gasteiger partial charge in [0, 0.05) is 47.4 Å². The Morgan fingerprint density at radius 2 is 2.05 bits per heavy atom. The van der Waals surface area contributed by atoms with Gasteiger partial charge in [-0.25, -0.2) is 9.37 Å². The van der Waals surface area contributed by atoms with E-state index in [1.54, 1.807) is 46.2 Å². The van der Waals surface area contributed by atoms with Crippen molar-refractivity contribution >= 4 is 34.1 Å². The smallest absolute Gasteiger partial charge is 0.278 e. The number of aromatic nitrogens is 4. The van der Waals surface area contributed by atoms with Gasteiger partial charge in [-0.1, -0.05) is 25.6 Å². The summed E-state index contributed by atoms with van der Waals surface area (Å²) in [5.74, 6) is -1.21. The molecule has 1 aliphatic rings. The van der Waals surface area contributed by atoms with Crippen molar-refractivity contribution in [2.75, 3.05) is 11.9 Å². The number of rotatable bonds is 8. The van der Waals surface area contributed by atoms with E-state index in [4.69, 9.17) is 0 Å². The molecule has 1 aromatic carbocycles. The summed E-state index contributed by atoms with van der Waals surface area (Å²) in [4.78, 5) is 47.8. The molecular formula is C27H25FN6O3S. The number of amides is 2. The molecule has 1 aliphatic heterocycles. The molecule has 0 saturated carbocycles. The lowest BCUT2D eigenvalue weighted by Gasteiger charge is -2.32. The molecular weight excluding hydrogens is 507 g/mol. The third-order valence-corrected chi connectivity index (χ3v) is 7.24. The molecule has 4 heterocycles. The van der Waals surface area contributed by atoms with Crippen LogP contribution in [0.15, 0.2) is 61.4 Å². The molecule has 3 aromatic heterocycles. The average Bonchev–Trinajstić information content (AvgIpc) is 3.66. The Morgan fingerprint density at radius 3 is 2.76 bits per heavy atom. The number of aromatic amines is 1. The maximum absolute atomic E-state index is 13.5. The number of anilines is 1. The fourth-order valence-electron chi connectivity index (χ4n) is 4.59. The van der Waals surface area contributed by atoms with Crippen molar-refractivity contribution < 1.29 is 18.8 Å². The molecule has 2 amide bonds. The third kappa shape index (κ3) is 5.18. The van der Waals surface area contributed by atoms with Crippen molar-refractivity contribution in [1.82, 2.24) is 24.6 Å². The van der Waals surface area contributed by atoms with Gasteiger partial charge in [-0.05, 0) is 35.9 Å². The van der Waals surface area contributed by atoms with Gasteiger partial charge >= 0.3 is 0 Å². The topological polar surface area (TPSA) is 113 Å². The van der Waals surface area contributed by atoms with E-state index in [1.165, 1.54) is 29.5 Å². The van der Waals surface area contributed by atoms with E-state index in [0.717, 1.165) is 11.3 Å². The van der Waals surface area contributed by atoms with Gasteiger partial charge in [0.25, 0.3) is 11.8 Å². The summed E-state index contributed by atoms with van der Waals surface area (Å²) in [5, 5.41) is 7.78. The average molecular weight is 533 g/mol. The normalized spacial score (nSPS) is 14.7. The second-order valence-electron chi connectivity index (χ2n) is 9.10.